The minimum atomic E-state index is 0.0636. The van der Waals surface area contributed by atoms with Gasteiger partial charge in [0, 0.05) is 6.54 Å². The van der Waals surface area contributed by atoms with Crippen molar-refractivity contribution in [1.82, 2.24) is 15.5 Å². The molecule has 0 spiro atoms. The van der Waals surface area contributed by atoms with Gasteiger partial charge in [-0.2, -0.15) is 10.2 Å². The van der Waals surface area contributed by atoms with Gasteiger partial charge >= 0.3 is 0 Å². The Bertz CT molecular complexity index is 557. The van der Waals surface area contributed by atoms with Crippen LogP contribution in [-0.4, -0.2) is 16.7 Å². The van der Waals surface area contributed by atoms with E-state index in [0.29, 0.717) is 30.6 Å². The Morgan fingerprint density at radius 2 is 2.11 bits per heavy atom. The van der Waals surface area contributed by atoms with Crippen molar-refractivity contribution in [3.05, 3.63) is 41.5 Å². The third-order valence-electron chi connectivity index (χ3n) is 2.40. The van der Waals surface area contributed by atoms with Gasteiger partial charge in [-0.25, -0.2) is 0 Å². The molecule has 19 heavy (non-hydrogen) atoms. The van der Waals surface area contributed by atoms with Gasteiger partial charge in [0.05, 0.1) is 6.54 Å². The molecule has 0 saturated heterocycles. The van der Waals surface area contributed by atoms with Gasteiger partial charge in [-0.15, -0.1) is 0 Å². The predicted molar refractivity (Wildman–Crippen MR) is 67.1 cm³/mol. The van der Waals surface area contributed by atoms with Crippen LogP contribution in [0.25, 0.3) is 0 Å². The van der Waals surface area contributed by atoms with Crippen molar-refractivity contribution in [3.8, 4) is 11.8 Å². The Morgan fingerprint density at radius 3 is 2.74 bits per heavy atom. The summed E-state index contributed by atoms with van der Waals surface area (Å²) in [6.07, 6.45) is 0. The van der Waals surface area contributed by atoms with E-state index in [1.807, 2.05) is 30.3 Å². The molecule has 0 amide bonds. The number of hydrogen-bond donors (Lipinski definition) is 1. The lowest BCUT2D eigenvalue weighted by atomic mass is 10.2. The van der Waals surface area contributed by atoms with Crippen molar-refractivity contribution in [2.45, 2.75) is 20.0 Å². The second kappa shape index (κ2) is 6.52. The summed E-state index contributed by atoms with van der Waals surface area (Å²) in [6.45, 7) is 3.08. The van der Waals surface area contributed by atoms with Crippen LogP contribution in [0.3, 0.4) is 0 Å². The topological polar surface area (TPSA) is 84.0 Å². The molecule has 0 atom stereocenters. The molecule has 1 aromatic carbocycles. The molecule has 0 unspecified atom stereocenters. The van der Waals surface area contributed by atoms with Gasteiger partial charge in [0.1, 0.15) is 11.8 Å². The molecule has 0 radical (unpaired) electrons. The van der Waals surface area contributed by atoms with Gasteiger partial charge in [0.25, 0.3) is 0 Å². The first kappa shape index (κ1) is 13.1. The Kier molecular flexibility index (Phi) is 4.48. The van der Waals surface area contributed by atoms with Crippen LogP contribution >= 0.6 is 0 Å². The van der Waals surface area contributed by atoms with Gasteiger partial charge in [-0.1, -0.05) is 17.3 Å². The van der Waals surface area contributed by atoms with E-state index in [4.69, 9.17) is 14.5 Å². The molecule has 6 nitrogen and oxygen atoms in total. The second-order valence-electron chi connectivity index (χ2n) is 3.93. The molecular weight excluding hydrogens is 244 g/mol. The highest BCUT2D eigenvalue weighted by molar-refractivity contribution is 5.27. The molecule has 1 N–H and O–H groups in total. The fraction of sp³-hybridized carbons (Fsp3) is 0.308. The number of rotatable bonds is 6. The van der Waals surface area contributed by atoms with Crippen LogP contribution in [0.4, 0.5) is 0 Å². The van der Waals surface area contributed by atoms with Crippen molar-refractivity contribution in [2.24, 2.45) is 0 Å². The third kappa shape index (κ3) is 4.08. The largest absolute Gasteiger partial charge is 0.479 e. The molecule has 1 aromatic heterocycles. The molecule has 2 rings (SSSR count). The highest BCUT2D eigenvalue weighted by Crippen LogP contribution is 2.11. The summed E-state index contributed by atoms with van der Waals surface area (Å²) in [5, 5.41) is 15.3. The molecule has 98 valence electrons. The molecule has 0 aliphatic carbocycles. The van der Waals surface area contributed by atoms with Crippen LogP contribution in [0.5, 0.6) is 5.75 Å². The van der Waals surface area contributed by atoms with E-state index in [1.165, 1.54) is 0 Å². The highest BCUT2D eigenvalue weighted by Gasteiger charge is 2.01. The maximum absolute atomic E-state index is 8.40. The summed E-state index contributed by atoms with van der Waals surface area (Å²) in [7, 11) is 0. The summed E-state index contributed by atoms with van der Waals surface area (Å²) in [4.78, 5) is 4.10. The quantitative estimate of drug-likeness (QED) is 0.846. The van der Waals surface area contributed by atoms with Crippen molar-refractivity contribution in [2.75, 3.05) is 6.61 Å². The normalized spacial score (nSPS) is 10.1. The molecular formula is C13H14N4O2. The highest BCUT2D eigenvalue weighted by atomic mass is 16.5. The van der Waals surface area contributed by atoms with E-state index < -0.39 is 0 Å². The van der Waals surface area contributed by atoms with E-state index in [-0.39, 0.29) is 6.61 Å². The zero-order valence-corrected chi connectivity index (χ0v) is 10.6. The summed E-state index contributed by atoms with van der Waals surface area (Å²) >= 11 is 0. The van der Waals surface area contributed by atoms with E-state index in [9.17, 15) is 0 Å². The zero-order chi connectivity index (χ0) is 13.5. The standard InChI is InChI=1S/C13H14N4O2/c1-10-16-13(19-17-10)9-15-8-11-2-4-12(5-3-11)18-7-6-14/h2-5,15H,7-9H2,1H3. The van der Waals surface area contributed by atoms with Gasteiger partial charge in [-0.3, -0.25) is 0 Å². The summed E-state index contributed by atoms with van der Waals surface area (Å²) < 4.78 is 10.2. The van der Waals surface area contributed by atoms with Crippen molar-refractivity contribution >= 4 is 0 Å². The minimum absolute atomic E-state index is 0.0636. The molecule has 0 fully saturated rings. The fourth-order valence-corrected chi connectivity index (χ4v) is 1.54. The SMILES string of the molecule is Cc1noc(CNCc2ccc(OCC#N)cc2)n1. The zero-order valence-electron chi connectivity index (χ0n) is 10.6. The number of aromatic nitrogens is 2. The number of nitrogens with zero attached hydrogens (tertiary/aromatic N) is 3. The third-order valence-corrected chi connectivity index (χ3v) is 2.40. The first-order valence-electron chi connectivity index (χ1n) is 5.86. The average molecular weight is 258 g/mol. The molecule has 6 heteroatoms. The van der Waals surface area contributed by atoms with Crippen molar-refractivity contribution < 1.29 is 9.26 Å². The summed E-state index contributed by atoms with van der Waals surface area (Å²) in [5.74, 6) is 1.90. The van der Waals surface area contributed by atoms with Crippen LogP contribution in [0, 0.1) is 18.3 Å². The molecule has 2 aromatic rings. The van der Waals surface area contributed by atoms with Gasteiger partial charge < -0.3 is 14.6 Å². The molecule has 0 aliphatic heterocycles. The maximum atomic E-state index is 8.40. The maximum Gasteiger partial charge on any atom is 0.240 e. The Balaban J connectivity index is 1.78. The Morgan fingerprint density at radius 1 is 1.32 bits per heavy atom. The van der Waals surface area contributed by atoms with Crippen molar-refractivity contribution in [1.29, 1.82) is 5.26 Å². The van der Waals surface area contributed by atoms with Crippen LogP contribution in [0.2, 0.25) is 0 Å². The first-order chi connectivity index (χ1) is 9.28. The molecule has 0 saturated carbocycles. The average Bonchev–Trinajstić information content (AvgIpc) is 2.84. The van der Waals surface area contributed by atoms with Gasteiger partial charge in [0.2, 0.25) is 5.89 Å². The Hall–Kier alpha value is -2.39. The van der Waals surface area contributed by atoms with Crippen LogP contribution in [0.15, 0.2) is 28.8 Å². The molecule has 1 heterocycles. The van der Waals surface area contributed by atoms with Crippen molar-refractivity contribution in [3.63, 3.8) is 0 Å². The lowest BCUT2D eigenvalue weighted by Crippen LogP contribution is -2.12. The van der Waals surface area contributed by atoms with Crippen LogP contribution in [-0.2, 0) is 13.1 Å². The lowest BCUT2D eigenvalue weighted by molar-refractivity contribution is 0.363. The van der Waals surface area contributed by atoms with Crippen LogP contribution in [0.1, 0.15) is 17.3 Å². The van der Waals surface area contributed by atoms with E-state index in [0.717, 1.165) is 5.56 Å². The van der Waals surface area contributed by atoms with E-state index >= 15 is 0 Å². The summed E-state index contributed by atoms with van der Waals surface area (Å²) in [5.41, 5.74) is 1.11. The summed E-state index contributed by atoms with van der Waals surface area (Å²) in [6, 6.07) is 9.49. The Labute approximate surface area is 111 Å². The number of nitriles is 1. The lowest BCUT2D eigenvalue weighted by Gasteiger charge is -2.04. The number of hydrogen-bond acceptors (Lipinski definition) is 6. The van der Waals surface area contributed by atoms with E-state index in [2.05, 4.69) is 15.5 Å². The second-order valence-corrected chi connectivity index (χ2v) is 3.93. The predicted octanol–water partition coefficient (Wildman–Crippen LogP) is 1.57. The minimum Gasteiger partial charge on any atom is -0.479 e. The fourth-order valence-electron chi connectivity index (χ4n) is 1.54. The monoisotopic (exact) mass is 258 g/mol. The number of nitrogens with one attached hydrogen (secondary N) is 1. The first-order valence-corrected chi connectivity index (χ1v) is 5.86. The number of ether oxygens (including phenoxy) is 1. The van der Waals surface area contributed by atoms with Gasteiger partial charge in [-0.05, 0) is 24.6 Å². The number of benzene rings is 1. The van der Waals surface area contributed by atoms with E-state index in [1.54, 1.807) is 6.92 Å². The number of aryl methyl sites for hydroxylation is 1. The van der Waals surface area contributed by atoms with Gasteiger partial charge in [0.15, 0.2) is 12.4 Å². The molecule has 0 bridgehead atoms. The molecule has 0 aliphatic rings. The smallest absolute Gasteiger partial charge is 0.240 e. The van der Waals surface area contributed by atoms with Crippen LogP contribution < -0.4 is 10.1 Å².